The van der Waals surface area contributed by atoms with E-state index in [9.17, 15) is 14.4 Å². The summed E-state index contributed by atoms with van der Waals surface area (Å²) in [6.07, 6.45) is 59.7. The predicted molar refractivity (Wildman–Crippen MR) is 302 cm³/mol. The molecule has 0 radical (unpaired) electrons. The van der Waals surface area contributed by atoms with Crippen LogP contribution in [0.15, 0.2) is 12.2 Å². The molecule has 0 atom stereocenters. The van der Waals surface area contributed by atoms with E-state index in [1.54, 1.807) is 0 Å². The highest BCUT2D eigenvalue weighted by Gasteiger charge is 2.00. The number of allylic oxidation sites excluding steroid dienone is 2. The first-order chi connectivity index (χ1) is 34.9. The largest absolute Gasteiger partial charge is 0.481 e. The molecular formula is C60H122O12. The second kappa shape index (κ2) is 75.4. The van der Waals surface area contributed by atoms with Crippen molar-refractivity contribution < 1.29 is 60.3 Å². The Labute approximate surface area is 443 Å². The summed E-state index contributed by atoms with van der Waals surface area (Å²) < 4.78 is 0. The van der Waals surface area contributed by atoms with Crippen molar-refractivity contribution in [2.75, 3.05) is 26.4 Å². The molecule has 0 aromatic heterocycles. The molecule has 0 bridgehead atoms. The molecule has 0 heterocycles. The van der Waals surface area contributed by atoms with Gasteiger partial charge < -0.3 is 46.0 Å². The van der Waals surface area contributed by atoms with E-state index in [-0.39, 0.29) is 26.4 Å². The zero-order valence-electron chi connectivity index (χ0n) is 47.4. The molecule has 9 N–H and O–H groups in total. The number of carboxylic acid groups (broad SMARTS) is 3. The number of aliphatic hydroxyl groups is 6. The van der Waals surface area contributed by atoms with Crippen LogP contribution in [-0.4, -0.2) is 103 Å². The number of carbonyl (C=O) groups is 3. The van der Waals surface area contributed by atoms with E-state index in [0.29, 0.717) is 19.3 Å². The molecule has 0 aliphatic carbocycles. The van der Waals surface area contributed by atoms with Gasteiger partial charge in [0.25, 0.3) is 0 Å². The highest BCUT2D eigenvalue weighted by molar-refractivity contribution is 5.67. The van der Waals surface area contributed by atoms with E-state index in [4.69, 9.17) is 46.0 Å². The maximum atomic E-state index is 10.3. The smallest absolute Gasteiger partial charge is 0.303 e. The van der Waals surface area contributed by atoms with Gasteiger partial charge in [0.15, 0.2) is 0 Å². The van der Waals surface area contributed by atoms with Crippen LogP contribution in [0.25, 0.3) is 0 Å². The monoisotopic (exact) mass is 1030 g/mol. The second-order valence-corrected chi connectivity index (χ2v) is 20.0. The van der Waals surface area contributed by atoms with Crippen molar-refractivity contribution in [3.8, 4) is 0 Å². The third-order valence-electron chi connectivity index (χ3n) is 12.5. The van der Waals surface area contributed by atoms with Gasteiger partial charge in [-0.15, -0.1) is 0 Å². The van der Waals surface area contributed by atoms with Crippen LogP contribution in [0.2, 0.25) is 0 Å². The van der Waals surface area contributed by atoms with Crippen LogP contribution in [0, 0.1) is 0 Å². The first-order valence-electron chi connectivity index (χ1n) is 30.0. The van der Waals surface area contributed by atoms with Crippen molar-refractivity contribution in [2.24, 2.45) is 0 Å². The van der Waals surface area contributed by atoms with Crippen molar-refractivity contribution >= 4 is 17.9 Å². The molecule has 0 rings (SSSR count). The molecule has 0 aromatic carbocycles. The third kappa shape index (κ3) is 93.9. The van der Waals surface area contributed by atoms with E-state index in [1.807, 2.05) is 0 Å². The summed E-state index contributed by atoms with van der Waals surface area (Å²) in [6, 6.07) is 0. The molecule has 0 saturated heterocycles. The van der Waals surface area contributed by atoms with E-state index in [1.165, 1.54) is 238 Å². The molecule has 72 heavy (non-hydrogen) atoms. The van der Waals surface area contributed by atoms with Crippen molar-refractivity contribution in [3.05, 3.63) is 12.2 Å². The van der Waals surface area contributed by atoms with E-state index in [0.717, 1.165) is 38.5 Å². The molecule has 434 valence electrons. The SMILES string of the molecule is CCCCCCCC/C=C\CCCCCCCC(=O)O.CCCCCCCCCCCCCCCCCC(=O)O.CCCCCCCCCCCCCCCCCC(=O)O.OCC(O)CO.OCC(O)CO. The van der Waals surface area contributed by atoms with Crippen molar-refractivity contribution in [1.29, 1.82) is 0 Å². The fraction of sp³-hybridized carbons (Fsp3) is 0.917. The minimum Gasteiger partial charge on any atom is -0.481 e. The number of aliphatic carboxylic acids is 3. The first-order valence-corrected chi connectivity index (χ1v) is 30.0. The van der Waals surface area contributed by atoms with E-state index >= 15 is 0 Å². The Morgan fingerprint density at radius 3 is 0.569 bits per heavy atom. The van der Waals surface area contributed by atoms with Gasteiger partial charge in [0, 0.05) is 19.3 Å². The zero-order chi connectivity index (χ0) is 54.7. The average Bonchev–Trinajstić information content (AvgIpc) is 3.37. The van der Waals surface area contributed by atoms with Crippen molar-refractivity contribution in [2.45, 2.75) is 328 Å². The quantitative estimate of drug-likeness (QED) is 0.0205. The molecular weight excluding hydrogens is 913 g/mol. The Morgan fingerprint density at radius 2 is 0.431 bits per heavy atom. The number of unbranched alkanes of at least 4 members (excludes halogenated alkanes) is 39. The molecule has 0 fully saturated rings. The summed E-state index contributed by atoms with van der Waals surface area (Å²) in [7, 11) is 0. The van der Waals surface area contributed by atoms with E-state index < -0.39 is 30.1 Å². The number of aliphatic hydroxyl groups excluding tert-OH is 6. The Bertz CT molecular complexity index is 965. The lowest BCUT2D eigenvalue weighted by molar-refractivity contribution is -0.138. The Balaban J connectivity index is -0.000000279. The van der Waals surface area contributed by atoms with Crippen LogP contribution < -0.4 is 0 Å². The summed E-state index contributed by atoms with van der Waals surface area (Å²) in [6.45, 7) is 5.34. The van der Waals surface area contributed by atoms with Gasteiger partial charge in [0.1, 0.15) is 12.2 Å². The van der Waals surface area contributed by atoms with Gasteiger partial charge in [-0.1, -0.05) is 264 Å². The lowest BCUT2D eigenvalue weighted by atomic mass is 10.0. The summed E-state index contributed by atoms with van der Waals surface area (Å²) in [5.74, 6) is -1.97. The van der Waals surface area contributed by atoms with Crippen LogP contribution in [0.3, 0.4) is 0 Å². The van der Waals surface area contributed by atoms with Crippen LogP contribution in [0.4, 0.5) is 0 Å². The van der Waals surface area contributed by atoms with Gasteiger partial charge in [-0.3, -0.25) is 14.4 Å². The Kier molecular flexibility index (Phi) is 82.5. The molecule has 0 spiro atoms. The standard InChI is InChI=1S/2C18H36O2.C18H34O2.2C3H8O3/c3*1-2-3-4-5-6-7-8-9-10-11-12-13-14-15-16-17-18(19)20;2*4-1-3(6)2-5/h2*2-17H2,1H3,(H,19,20);9-10H,2-8,11-17H2,1H3,(H,19,20);2*3-6H,1-2H2/b;;10-9-;;. The zero-order valence-corrected chi connectivity index (χ0v) is 47.4. The fourth-order valence-electron chi connectivity index (χ4n) is 7.76. The first kappa shape index (κ1) is 78.8. The number of hydrogen-bond donors (Lipinski definition) is 9. The maximum Gasteiger partial charge on any atom is 0.303 e. The maximum absolute atomic E-state index is 10.3. The van der Waals surface area contributed by atoms with Crippen LogP contribution in [0.1, 0.15) is 316 Å². The molecule has 0 aliphatic rings. The van der Waals surface area contributed by atoms with Crippen LogP contribution in [0.5, 0.6) is 0 Å². The predicted octanol–water partition coefficient (Wildman–Crippen LogP) is 15.4. The van der Waals surface area contributed by atoms with Gasteiger partial charge in [-0.25, -0.2) is 0 Å². The highest BCUT2D eigenvalue weighted by Crippen LogP contribution is 2.16. The molecule has 0 unspecified atom stereocenters. The van der Waals surface area contributed by atoms with Gasteiger partial charge in [0.05, 0.1) is 26.4 Å². The summed E-state index contributed by atoms with van der Waals surface area (Å²) in [5.41, 5.74) is 0. The van der Waals surface area contributed by atoms with Gasteiger partial charge in [-0.05, 0) is 44.9 Å². The molecule has 0 aromatic rings. The normalized spacial score (nSPS) is 10.8. The number of rotatable bonds is 51. The minimum atomic E-state index is -0.954. The fourth-order valence-corrected chi connectivity index (χ4v) is 7.76. The third-order valence-corrected chi connectivity index (χ3v) is 12.5. The highest BCUT2D eigenvalue weighted by atomic mass is 16.4. The van der Waals surface area contributed by atoms with E-state index in [2.05, 4.69) is 32.9 Å². The molecule has 12 heteroatoms. The van der Waals surface area contributed by atoms with Gasteiger partial charge in [0.2, 0.25) is 0 Å². The molecule has 12 nitrogen and oxygen atoms in total. The Hall–Kier alpha value is -2.09. The van der Waals surface area contributed by atoms with Gasteiger partial charge >= 0.3 is 17.9 Å². The lowest BCUT2D eigenvalue weighted by Gasteiger charge is -2.03. The van der Waals surface area contributed by atoms with Crippen LogP contribution in [-0.2, 0) is 14.4 Å². The summed E-state index contributed by atoms with van der Waals surface area (Å²) in [5, 5.41) is 73.6. The molecule has 0 saturated carbocycles. The average molecular weight is 1040 g/mol. The van der Waals surface area contributed by atoms with Crippen molar-refractivity contribution in [3.63, 3.8) is 0 Å². The minimum absolute atomic E-state index is 0.332. The summed E-state index contributed by atoms with van der Waals surface area (Å²) in [4.78, 5) is 31.0. The van der Waals surface area contributed by atoms with Crippen molar-refractivity contribution in [1.82, 2.24) is 0 Å². The second-order valence-electron chi connectivity index (χ2n) is 20.0. The van der Waals surface area contributed by atoms with Crippen LogP contribution >= 0.6 is 0 Å². The number of carboxylic acids is 3. The molecule has 0 aliphatic heterocycles. The summed E-state index contributed by atoms with van der Waals surface area (Å²) >= 11 is 0. The molecule has 0 amide bonds. The number of hydrogen-bond acceptors (Lipinski definition) is 9. The Morgan fingerprint density at radius 1 is 0.278 bits per heavy atom. The lowest BCUT2D eigenvalue weighted by Crippen LogP contribution is -2.15. The topological polar surface area (TPSA) is 233 Å². The van der Waals surface area contributed by atoms with Gasteiger partial charge in [-0.2, -0.15) is 0 Å².